The summed E-state index contributed by atoms with van der Waals surface area (Å²) < 4.78 is 0. The predicted octanol–water partition coefficient (Wildman–Crippen LogP) is 0.308. The van der Waals surface area contributed by atoms with Gasteiger partial charge in [0, 0.05) is 19.0 Å². The van der Waals surface area contributed by atoms with E-state index in [1.54, 1.807) is 11.8 Å². The zero-order chi connectivity index (χ0) is 12.6. The molecule has 2 unspecified atom stereocenters. The smallest absolute Gasteiger partial charge is 0.306 e. The van der Waals surface area contributed by atoms with Crippen LogP contribution in [-0.2, 0) is 9.59 Å². The van der Waals surface area contributed by atoms with E-state index >= 15 is 0 Å². The maximum atomic E-state index is 12.2. The second-order valence-corrected chi connectivity index (χ2v) is 5.46. The van der Waals surface area contributed by atoms with Crippen LogP contribution in [0.1, 0.15) is 26.7 Å². The lowest BCUT2D eigenvalue weighted by molar-refractivity contribution is -0.153. The Hall–Kier alpha value is -1.10. The van der Waals surface area contributed by atoms with Crippen molar-refractivity contribution in [3.05, 3.63) is 0 Å². The van der Waals surface area contributed by atoms with E-state index in [1.165, 1.54) is 0 Å². The van der Waals surface area contributed by atoms with E-state index in [4.69, 9.17) is 5.11 Å². The van der Waals surface area contributed by atoms with Crippen LogP contribution in [0.5, 0.6) is 0 Å². The third-order valence-electron chi connectivity index (χ3n) is 4.13. The van der Waals surface area contributed by atoms with Gasteiger partial charge < -0.3 is 15.3 Å². The summed E-state index contributed by atoms with van der Waals surface area (Å²) in [5.74, 6) is -0.888. The molecule has 0 aliphatic carbocycles. The Morgan fingerprint density at radius 2 is 2.12 bits per heavy atom. The van der Waals surface area contributed by atoms with Crippen LogP contribution in [0.4, 0.5) is 0 Å². The standard InChI is InChI=1S/C12H20N2O3/c1-8(10(15)16)9-6-14(7-9)11(17)12(2)4-3-5-13-12/h8-9,13H,3-7H2,1-2H3,(H,15,16). The molecule has 0 aromatic heterocycles. The Balaban J connectivity index is 1.87. The van der Waals surface area contributed by atoms with Gasteiger partial charge in [0.25, 0.3) is 0 Å². The van der Waals surface area contributed by atoms with Crippen molar-refractivity contribution in [1.29, 1.82) is 0 Å². The Morgan fingerprint density at radius 1 is 1.47 bits per heavy atom. The highest BCUT2D eigenvalue weighted by molar-refractivity contribution is 5.87. The van der Waals surface area contributed by atoms with Crippen LogP contribution < -0.4 is 5.32 Å². The zero-order valence-corrected chi connectivity index (χ0v) is 10.4. The summed E-state index contributed by atoms with van der Waals surface area (Å²) in [4.78, 5) is 24.8. The number of carboxylic acids is 1. The van der Waals surface area contributed by atoms with Gasteiger partial charge in [-0.25, -0.2) is 0 Å². The van der Waals surface area contributed by atoms with Crippen molar-refractivity contribution >= 4 is 11.9 Å². The number of carbonyl (C=O) groups is 2. The van der Waals surface area contributed by atoms with Crippen molar-refractivity contribution < 1.29 is 14.7 Å². The molecule has 2 N–H and O–H groups in total. The highest BCUT2D eigenvalue weighted by Crippen LogP contribution is 2.29. The second-order valence-electron chi connectivity index (χ2n) is 5.46. The highest BCUT2D eigenvalue weighted by Gasteiger charge is 2.44. The SMILES string of the molecule is CC(C(=O)O)C1CN(C(=O)C2(C)CCCN2)C1. The van der Waals surface area contributed by atoms with E-state index in [0.717, 1.165) is 19.4 Å². The molecule has 2 aliphatic rings. The first-order chi connectivity index (χ1) is 7.94. The van der Waals surface area contributed by atoms with Gasteiger partial charge in [-0.1, -0.05) is 6.92 Å². The van der Waals surface area contributed by atoms with Crippen LogP contribution in [0.2, 0.25) is 0 Å². The van der Waals surface area contributed by atoms with Gasteiger partial charge in [0.05, 0.1) is 11.5 Å². The number of aliphatic carboxylic acids is 1. The molecule has 96 valence electrons. The summed E-state index contributed by atoms with van der Waals surface area (Å²) in [6.45, 7) is 5.72. The molecule has 0 saturated carbocycles. The molecule has 0 spiro atoms. The molecule has 5 heteroatoms. The lowest BCUT2D eigenvalue weighted by atomic mass is 9.85. The molecule has 5 nitrogen and oxygen atoms in total. The Morgan fingerprint density at radius 3 is 2.59 bits per heavy atom. The minimum absolute atomic E-state index is 0.112. The number of carbonyl (C=O) groups excluding carboxylic acids is 1. The fourth-order valence-corrected chi connectivity index (χ4v) is 2.62. The molecule has 2 saturated heterocycles. The number of hydrogen-bond acceptors (Lipinski definition) is 3. The Bertz CT molecular complexity index is 331. The van der Waals surface area contributed by atoms with E-state index < -0.39 is 11.5 Å². The van der Waals surface area contributed by atoms with Gasteiger partial charge in [-0.05, 0) is 26.3 Å². The van der Waals surface area contributed by atoms with Gasteiger partial charge in [-0.2, -0.15) is 0 Å². The minimum atomic E-state index is -0.771. The summed E-state index contributed by atoms with van der Waals surface area (Å²) in [5, 5.41) is 12.1. The number of nitrogens with one attached hydrogen (secondary N) is 1. The summed E-state index contributed by atoms with van der Waals surface area (Å²) in [5.41, 5.74) is -0.419. The van der Waals surface area contributed by atoms with Gasteiger partial charge in [0.15, 0.2) is 0 Å². The van der Waals surface area contributed by atoms with Crippen molar-refractivity contribution in [2.24, 2.45) is 11.8 Å². The molecule has 2 rings (SSSR count). The average molecular weight is 240 g/mol. The molecule has 2 fully saturated rings. The second kappa shape index (κ2) is 4.29. The van der Waals surface area contributed by atoms with Crippen LogP contribution >= 0.6 is 0 Å². The first-order valence-corrected chi connectivity index (χ1v) is 6.21. The number of hydrogen-bond donors (Lipinski definition) is 2. The van der Waals surface area contributed by atoms with E-state index in [1.807, 2.05) is 6.92 Å². The third kappa shape index (κ3) is 2.16. The number of nitrogens with zero attached hydrogens (tertiary/aromatic N) is 1. The fraction of sp³-hybridized carbons (Fsp3) is 0.833. The molecule has 0 bridgehead atoms. The Kier molecular flexibility index (Phi) is 3.12. The summed E-state index contributed by atoms with van der Waals surface area (Å²) in [6, 6.07) is 0. The van der Waals surface area contributed by atoms with Gasteiger partial charge in [0.2, 0.25) is 5.91 Å². The van der Waals surface area contributed by atoms with Crippen molar-refractivity contribution in [3.63, 3.8) is 0 Å². The molecule has 2 aliphatic heterocycles. The van der Waals surface area contributed by atoms with Crippen molar-refractivity contribution in [2.75, 3.05) is 19.6 Å². The van der Waals surface area contributed by atoms with Gasteiger partial charge in [-0.3, -0.25) is 9.59 Å². The molecule has 2 heterocycles. The highest BCUT2D eigenvalue weighted by atomic mass is 16.4. The van der Waals surface area contributed by atoms with Crippen molar-refractivity contribution in [3.8, 4) is 0 Å². The molecule has 0 radical (unpaired) electrons. The molecule has 17 heavy (non-hydrogen) atoms. The average Bonchev–Trinajstić information content (AvgIpc) is 2.63. The van der Waals surface area contributed by atoms with E-state index in [2.05, 4.69) is 5.32 Å². The molecule has 1 amide bonds. The van der Waals surface area contributed by atoms with Crippen LogP contribution in [0.25, 0.3) is 0 Å². The molecule has 0 aromatic carbocycles. The minimum Gasteiger partial charge on any atom is -0.481 e. The Labute approximate surface area is 101 Å². The van der Waals surface area contributed by atoms with E-state index in [0.29, 0.717) is 13.1 Å². The van der Waals surface area contributed by atoms with Crippen LogP contribution in [0.3, 0.4) is 0 Å². The largest absolute Gasteiger partial charge is 0.481 e. The van der Waals surface area contributed by atoms with Gasteiger partial charge in [0.1, 0.15) is 0 Å². The number of amides is 1. The fourth-order valence-electron chi connectivity index (χ4n) is 2.62. The topological polar surface area (TPSA) is 69.6 Å². The van der Waals surface area contributed by atoms with Crippen LogP contribution in [-0.4, -0.2) is 47.1 Å². The van der Waals surface area contributed by atoms with Gasteiger partial charge in [-0.15, -0.1) is 0 Å². The maximum absolute atomic E-state index is 12.2. The summed E-state index contributed by atoms with van der Waals surface area (Å²) in [7, 11) is 0. The van der Waals surface area contributed by atoms with Crippen LogP contribution in [0.15, 0.2) is 0 Å². The first-order valence-electron chi connectivity index (χ1n) is 6.21. The third-order valence-corrected chi connectivity index (χ3v) is 4.13. The van der Waals surface area contributed by atoms with E-state index in [-0.39, 0.29) is 17.7 Å². The molecular weight excluding hydrogens is 220 g/mol. The maximum Gasteiger partial charge on any atom is 0.306 e. The summed E-state index contributed by atoms with van der Waals surface area (Å²) in [6.07, 6.45) is 1.91. The van der Waals surface area contributed by atoms with Crippen molar-refractivity contribution in [1.82, 2.24) is 10.2 Å². The molecule has 0 aromatic rings. The zero-order valence-electron chi connectivity index (χ0n) is 10.4. The number of carboxylic acid groups (broad SMARTS) is 1. The van der Waals surface area contributed by atoms with Gasteiger partial charge >= 0.3 is 5.97 Å². The number of rotatable bonds is 3. The first kappa shape index (κ1) is 12.4. The number of likely N-dealkylation sites (tertiary alicyclic amines) is 1. The van der Waals surface area contributed by atoms with Crippen LogP contribution in [0, 0.1) is 11.8 Å². The quantitative estimate of drug-likeness (QED) is 0.745. The molecule has 2 atom stereocenters. The lowest BCUT2D eigenvalue weighted by Crippen LogP contribution is -2.61. The monoisotopic (exact) mass is 240 g/mol. The normalized spacial score (nSPS) is 31.1. The molecular formula is C12H20N2O3. The summed E-state index contributed by atoms with van der Waals surface area (Å²) >= 11 is 0. The van der Waals surface area contributed by atoms with E-state index in [9.17, 15) is 9.59 Å². The lowest BCUT2D eigenvalue weighted by Gasteiger charge is -2.44. The predicted molar refractivity (Wildman–Crippen MR) is 62.5 cm³/mol. The van der Waals surface area contributed by atoms with Crippen molar-refractivity contribution in [2.45, 2.75) is 32.2 Å².